The molecule has 0 amide bonds. The van der Waals surface area contributed by atoms with Crippen molar-refractivity contribution in [3.05, 3.63) is 65.2 Å². The highest BCUT2D eigenvalue weighted by molar-refractivity contribution is 5.27. The van der Waals surface area contributed by atoms with Crippen molar-refractivity contribution in [2.24, 2.45) is 0 Å². The van der Waals surface area contributed by atoms with E-state index in [1.807, 2.05) is 18.2 Å². The summed E-state index contributed by atoms with van der Waals surface area (Å²) in [5.74, 6) is 0.326. The Hall–Kier alpha value is -1.84. The molecule has 0 aromatic heterocycles. The van der Waals surface area contributed by atoms with E-state index in [1.54, 1.807) is 13.2 Å². The van der Waals surface area contributed by atoms with Crippen LogP contribution in [0, 0.1) is 0 Å². The van der Waals surface area contributed by atoms with Gasteiger partial charge < -0.3 is 9.84 Å². The summed E-state index contributed by atoms with van der Waals surface area (Å²) in [6.07, 6.45) is 0. The summed E-state index contributed by atoms with van der Waals surface area (Å²) < 4.78 is 5.13. The van der Waals surface area contributed by atoms with Crippen LogP contribution < -0.4 is 0 Å². The summed E-state index contributed by atoms with van der Waals surface area (Å²) in [5.41, 5.74) is 3.61. The Morgan fingerprint density at radius 1 is 0.952 bits per heavy atom. The number of phenols is 1. The van der Waals surface area contributed by atoms with E-state index in [2.05, 4.69) is 36.1 Å². The van der Waals surface area contributed by atoms with Crippen molar-refractivity contribution in [2.45, 2.75) is 26.6 Å². The van der Waals surface area contributed by atoms with Gasteiger partial charge in [0.15, 0.2) is 0 Å². The van der Waals surface area contributed by atoms with Gasteiger partial charge in [-0.25, -0.2) is 0 Å². The second-order valence-corrected chi connectivity index (χ2v) is 5.22. The monoisotopic (exact) mass is 285 g/mol. The van der Waals surface area contributed by atoms with E-state index >= 15 is 0 Å². The van der Waals surface area contributed by atoms with Crippen LogP contribution in [0.15, 0.2) is 48.5 Å². The predicted octanol–water partition coefficient (Wildman–Crippen LogP) is 3.56. The average Bonchev–Trinajstić information content (AvgIpc) is 2.49. The van der Waals surface area contributed by atoms with Crippen molar-refractivity contribution < 1.29 is 9.84 Å². The molecule has 0 aliphatic heterocycles. The smallest absolute Gasteiger partial charge is 0.115 e. The number of nitrogens with zero attached hydrogens (tertiary/aromatic N) is 1. The maximum atomic E-state index is 9.54. The lowest BCUT2D eigenvalue weighted by atomic mass is 10.1. The molecular formula is C18H23NO2. The van der Waals surface area contributed by atoms with E-state index in [0.717, 1.165) is 25.2 Å². The normalized spacial score (nSPS) is 11.0. The van der Waals surface area contributed by atoms with E-state index in [4.69, 9.17) is 4.74 Å². The van der Waals surface area contributed by atoms with Gasteiger partial charge in [0.1, 0.15) is 5.75 Å². The summed E-state index contributed by atoms with van der Waals surface area (Å²) in [6.45, 7) is 5.52. The number of hydrogen-bond acceptors (Lipinski definition) is 3. The van der Waals surface area contributed by atoms with Crippen LogP contribution in [0.4, 0.5) is 0 Å². The molecule has 2 aromatic carbocycles. The highest BCUT2D eigenvalue weighted by Crippen LogP contribution is 2.15. The van der Waals surface area contributed by atoms with Crippen LogP contribution in [-0.4, -0.2) is 23.7 Å². The first-order chi connectivity index (χ1) is 10.2. The Kier molecular flexibility index (Phi) is 5.78. The Morgan fingerprint density at radius 3 is 2.24 bits per heavy atom. The molecule has 0 atom stereocenters. The van der Waals surface area contributed by atoms with E-state index in [-0.39, 0.29) is 0 Å². The Morgan fingerprint density at radius 2 is 1.62 bits per heavy atom. The second-order valence-electron chi connectivity index (χ2n) is 5.22. The van der Waals surface area contributed by atoms with Gasteiger partial charge in [0, 0.05) is 20.2 Å². The summed E-state index contributed by atoms with van der Waals surface area (Å²) in [4.78, 5) is 2.35. The number of benzene rings is 2. The minimum Gasteiger partial charge on any atom is -0.508 e. The SMILES string of the molecule is CCN(Cc1ccc(COC)cc1)Cc1cccc(O)c1. The van der Waals surface area contributed by atoms with Crippen molar-refractivity contribution in [1.82, 2.24) is 4.90 Å². The van der Waals surface area contributed by atoms with Crippen LogP contribution in [0.25, 0.3) is 0 Å². The Balaban J connectivity index is 1.98. The van der Waals surface area contributed by atoms with Crippen LogP contribution in [0.3, 0.4) is 0 Å². The maximum absolute atomic E-state index is 9.54. The second kappa shape index (κ2) is 7.81. The van der Waals surface area contributed by atoms with Crippen molar-refractivity contribution in [1.29, 1.82) is 0 Å². The van der Waals surface area contributed by atoms with Gasteiger partial charge in [-0.2, -0.15) is 0 Å². The fourth-order valence-corrected chi connectivity index (χ4v) is 2.36. The van der Waals surface area contributed by atoms with E-state index in [9.17, 15) is 5.11 Å². The quantitative estimate of drug-likeness (QED) is 0.844. The Labute approximate surface area is 126 Å². The summed E-state index contributed by atoms with van der Waals surface area (Å²) >= 11 is 0. The lowest BCUT2D eigenvalue weighted by Crippen LogP contribution is -2.22. The zero-order chi connectivity index (χ0) is 15.1. The van der Waals surface area contributed by atoms with E-state index in [1.165, 1.54) is 11.1 Å². The number of phenolic OH excluding ortho intramolecular Hbond substituents is 1. The van der Waals surface area contributed by atoms with Gasteiger partial charge in [0.2, 0.25) is 0 Å². The molecule has 0 radical (unpaired) electrons. The molecule has 2 rings (SSSR count). The minimum atomic E-state index is 0.326. The first kappa shape index (κ1) is 15.5. The molecular weight excluding hydrogens is 262 g/mol. The van der Waals surface area contributed by atoms with Gasteiger partial charge >= 0.3 is 0 Å². The summed E-state index contributed by atoms with van der Waals surface area (Å²) in [7, 11) is 1.71. The van der Waals surface area contributed by atoms with Crippen LogP contribution >= 0.6 is 0 Å². The molecule has 0 aliphatic rings. The zero-order valence-corrected chi connectivity index (χ0v) is 12.7. The lowest BCUT2D eigenvalue weighted by molar-refractivity contribution is 0.185. The van der Waals surface area contributed by atoms with Crippen molar-refractivity contribution in [2.75, 3.05) is 13.7 Å². The van der Waals surface area contributed by atoms with Gasteiger partial charge in [-0.15, -0.1) is 0 Å². The van der Waals surface area contributed by atoms with Gasteiger partial charge in [-0.1, -0.05) is 43.3 Å². The fraction of sp³-hybridized carbons (Fsp3) is 0.333. The van der Waals surface area contributed by atoms with E-state index in [0.29, 0.717) is 12.4 Å². The molecule has 0 bridgehead atoms. The standard InChI is InChI=1S/C18H23NO2/c1-3-19(13-17-5-4-6-18(20)11-17)12-15-7-9-16(10-8-15)14-21-2/h4-11,20H,3,12-14H2,1-2H3. The summed E-state index contributed by atoms with van der Waals surface area (Å²) in [6, 6.07) is 16.0. The highest BCUT2D eigenvalue weighted by atomic mass is 16.5. The van der Waals surface area contributed by atoms with Crippen LogP contribution in [0.2, 0.25) is 0 Å². The number of aromatic hydroxyl groups is 1. The summed E-state index contributed by atoms with van der Waals surface area (Å²) in [5, 5.41) is 9.54. The zero-order valence-electron chi connectivity index (χ0n) is 12.7. The van der Waals surface area contributed by atoms with Crippen LogP contribution in [-0.2, 0) is 24.4 Å². The number of methoxy groups -OCH3 is 1. The molecule has 0 unspecified atom stereocenters. The first-order valence-electron chi connectivity index (χ1n) is 7.28. The van der Waals surface area contributed by atoms with Crippen LogP contribution in [0.1, 0.15) is 23.6 Å². The van der Waals surface area contributed by atoms with Gasteiger partial charge in [0.05, 0.1) is 6.61 Å². The topological polar surface area (TPSA) is 32.7 Å². The molecule has 0 saturated heterocycles. The molecule has 0 aliphatic carbocycles. The molecule has 2 aromatic rings. The van der Waals surface area contributed by atoms with Gasteiger partial charge in [-0.3, -0.25) is 4.90 Å². The molecule has 0 heterocycles. The molecule has 21 heavy (non-hydrogen) atoms. The molecule has 1 N–H and O–H groups in total. The molecule has 3 heteroatoms. The fourth-order valence-electron chi connectivity index (χ4n) is 2.36. The van der Waals surface area contributed by atoms with Crippen molar-refractivity contribution in [3.8, 4) is 5.75 Å². The minimum absolute atomic E-state index is 0.326. The number of rotatable bonds is 7. The molecule has 0 fully saturated rings. The largest absolute Gasteiger partial charge is 0.508 e. The first-order valence-corrected chi connectivity index (χ1v) is 7.28. The number of ether oxygens (including phenoxy) is 1. The maximum Gasteiger partial charge on any atom is 0.115 e. The number of hydrogen-bond donors (Lipinski definition) is 1. The van der Waals surface area contributed by atoms with Crippen molar-refractivity contribution >= 4 is 0 Å². The lowest BCUT2D eigenvalue weighted by Gasteiger charge is -2.21. The molecule has 0 saturated carbocycles. The molecule has 3 nitrogen and oxygen atoms in total. The van der Waals surface area contributed by atoms with Gasteiger partial charge in [0.25, 0.3) is 0 Å². The predicted molar refractivity (Wildman–Crippen MR) is 85.0 cm³/mol. The van der Waals surface area contributed by atoms with Crippen LogP contribution in [0.5, 0.6) is 5.75 Å². The third-order valence-electron chi connectivity index (χ3n) is 3.50. The van der Waals surface area contributed by atoms with Crippen molar-refractivity contribution in [3.63, 3.8) is 0 Å². The van der Waals surface area contributed by atoms with Gasteiger partial charge in [-0.05, 0) is 35.4 Å². The third-order valence-corrected chi connectivity index (χ3v) is 3.50. The molecule has 0 spiro atoms. The highest BCUT2D eigenvalue weighted by Gasteiger charge is 2.06. The molecule has 112 valence electrons. The average molecular weight is 285 g/mol. The Bertz CT molecular complexity index is 551. The third kappa shape index (κ3) is 4.88. The van der Waals surface area contributed by atoms with E-state index < -0.39 is 0 Å².